The maximum atomic E-state index is 12.0. The van der Waals surface area contributed by atoms with Crippen LogP contribution in [-0.2, 0) is 14.3 Å². The third kappa shape index (κ3) is 3.17. The quantitative estimate of drug-likeness (QED) is 0.693. The molecule has 6 heteroatoms. The third-order valence-corrected chi connectivity index (χ3v) is 3.28. The zero-order valence-corrected chi connectivity index (χ0v) is 9.72. The number of hydrogen-bond donors (Lipinski definition) is 2. The van der Waals surface area contributed by atoms with E-state index in [1.165, 1.54) is 0 Å². The summed E-state index contributed by atoms with van der Waals surface area (Å²) in [6, 6.07) is 0.258. The van der Waals surface area contributed by atoms with Crippen molar-refractivity contribution in [2.75, 3.05) is 26.2 Å². The molecule has 0 aromatic carbocycles. The van der Waals surface area contributed by atoms with Gasteiger partial charge in [0.1, 0.15) is 0 Å². The van der Waals surface area contributed by atoms with E-state index < -0.39 is 12.1 Å². The minimum atomic E-state index is -0.999. The molecule has 96 valence electrons. The van der Waals surface area contributed by atoms with Gasteiger partial charge in [0, 0.05) is 19.0 Å². The van der Waals surface area contributed by atoms with Crippen LogP contribution in [0.3, 0.4) is 0 Å². The number of rotatable bonds is 3. The zero-order chi connectivity index (χ0) is 12.3. The average molecular weight is 242 g/mol. The maximum Gasteiger partial charge on any atom is 0.334 e. The van der Waals surface area contributed by atoms with Gasteiger partial charge in [-0.05, 0) is 19.4 Å². The molecule has 2 unspecified atom stereocenters. The van der Waals surface area contributed by atoms with Crippen LogP contribution in [0, 0.1) is 0 Å². The molecule has 0 aliphatic carbocycles. The van der Waals surface area contributed by atoms with Crippen molar-refractivity contribution in [1.82, 2.24) is 10.2 Å². The Bertz CT molecular complexity index is 302. The molecule has 6 nitrogen and oxygen atoms in total. The predicted octanol–water partition coefficient (Wildman–Crippen LogP) is -0.559. The molecule has 2 fully saturated rings. The van der Waals surface area contributed by atoms with Gasteiger partial charge in [0.2, 0.25) is 5.91 Å². The van der Waals surface area contributed by atoms with E-state index in [1.54, 1.807) is 4.90 Å². The van der Waals surface area contributed by atoms with Crippen LogP contribution in [0.4, 0.5) is 0 Å². The summed E-state index contributed by atoms with van der Waals surface area (Å²) in [5, 5.41) is 12.1. The van der Waals surface area contributed by atoms with Gasteiger partial charge in [-0.15, -0.1) is 0 Å². The number of nitrogens with one attached hydrogen (secondary N) is 1. The SMILES string of the molecule is O=C(O)C1CN(C(=O)CC2CCCN2)CCO1. The molecule has 2 aliphatic rings. The second-order valence-electron chi connectivity index (χ2n) is 4.53. The normalized spacial score (nSPS) is 29.3. The Labute approximate surface area is 99.9 Å². The van der Waals surface area contributed by atoms with Crippen LogP contribution in [0.2, 0.25) is 0 Å². The minimum absolute atomic E-state index is 0.0268. The van der Waals surface area contributed by atoms with Gasteiger partial charge in [-0.25, -0.2) is 4.79 Å². The predicted molar refractivity (Wildman–Crippen MR) is 59.6 cm³/mol. The first-order valence-corrected chi connectivity index (χ1v) is 6.02. The van der Waals surface area contributed by atoms with Gasteiger partial charge in [0.05, 0.1) is 13.2 Å². The van der Waals surface area contributed by atoms with Gasteiger partial charge in [0.15, 0.2) is 6.10 Å². The molecule has 2 N–H and O–H groups in total. The lowest BCUT2D eigenvalue weighted by Gasteiger charge is -2.31. The van der Waals surface area contributed by atoms with E-state index >= 15 is 0 Å². The zero-order valence-electron chi connectivity index (χ0n) is 9.72. The Morgan fingerprint density at radius 3 is 2.94 bits per heavy atom. The lowest BCUT2D eigenvalue weighted by Crippen LogP contribution is -2.49. The van der Waals surface area contributed by atoms with Crippen LogP contribution < -0.4 is 5.32 Å². The Hall–Kier alpha value is -1.14. The van der Waals surface area contributed by atoms with Crippen molar-refractivity contribution < 1.29 is 19.4 Å². The molecule has 0 spiro atoms. The summed E-state index contributed by atoms with van der Waals surface area (Å²) >= 11 is 0. The Morgan fingerprint density at radius 1 is 1.47 bits per heavy atom. The standard InChI is InChI=1S/C11H18N2O4/c14-10(6-8-2-1-3-12-8)13-4-5-17-9(7-13)11(15)16/h8-9,12H,1-7H2,(H,15,16). The lowest BCUT2D eigenvalue weighted by molar-refractivity contribution is -0.159. The number of amides is 1. The fourth-order valence-corrected chi connectivity index (χ4v) is 2.30. The molecule has 0 aromatic heterocycles. The molecule has 0 bridgehead atoms. The summed E-state index contributed by atoms with van der Waals surface area (Å²) in [7, 11) is 0. The number of nitrogens with zero attached hydrogens (tertiary/aromatic N) is 1. The Balaban J connectivity index is 1.83. The first-order valence-electron chi connectivity index (χ1n) is 6.02. The summed E-state index contributed by atoms with van der Waals surface area (Å²) in [6.45, 7) is 1.94. The highest BCUT2D eigenvalue weighted by Crippen LogP contribution is 2.13. The monoisotopic (exact) mass is 242 g/mol. The topological polar surface area (TPSA) is 78.9 Å². The molecular formula is C11H18N2O4. The Morgan fingerprint density at radius 2 is 2.29 bits per heavy atom. The molecule has 2 aliphatic heterocycles. The van der Waals surface area contributed by atoms with E-state index in [-0.39, 0.29) is 18.5 Å². The average Bonchev–Trinajstić information content (AvgIpc) is 2.82. The molecule has 0 saturated carbocycles. The summed E-state index contributed by atoms with van der Waals surface area (Å²) in [6.07, 6.45) is 1.73. The summed E-state index contributed by atoms with van der Waals surface area (Å²) in [4.78, 5) is 24.4. The fraction of sp³-hybridized carbons (Fsp3) is 0.818. The van der Waals surface area contributed by atoms with Crippen molar-refractivity contribution in [3.63, 3.8) is 0 Å². The number of carboxylic acids is 1. The van der Waals surface area contributed by atoms with E-state index in [2.05, 4.69) is 5.32 Å². The molecule has 0 radical (unpaired) electrons. The van der Waals surface area contributed by atoms with Crippen molar-refractivity contribution in [3.8, 4) is 0 Å². The molecule has 0 aromatic rings. The highest BCUT2D eigenvalue weighted by atomic mass is 16.5. The van der Waals surface area contributed by atoms with E-state index in [4.69, 9.17) is 9.84 Å². The van der Waals surface area contributed by atoms with Crippen LogP contribution >= 0.6 is 0 Å². The van der Waals surface area contributed by atoms with Crippen molar-refractivity contribution in [3.05, 3.63) is 0 Å². The number of carbonyl (C=O) groups excluding carboxylic acids is 1. The van der Waals surface area contributed by atoms with Gasteiger partial charge in [-0.1, -0.05) is 0 Å². The number of ether oxygens (including phenoxy) is 1. The van der Waals surface area contributed by atoms with Crippen molar-refractivity contribution in [1.29, 1.82) is 0 Å². The van der Waals surface area contributed by atoms with Crippen LogP contribution in [0.1, 0.15) is 19.3 Å². The third-order valence-electron chi connectivity index (χ3n) is 3.28. The van der Waals surface area contributed by atoms with Gasteiger partial charge < -0.3 is 20.1 Å². The fourth-order valence-electron chi connectivity index (χ4n) is 2.30. The first-order chi connectivity index (χ1) is 8.16. The molecule has 2 saturated heterocycles. The van der Waals surface area contributed by atoms with Gasteiger partial charge >= 0.3 is 5.97 Å². The van der Waals surface area contributed by atoms with Crippen LogP contribution in [0.15, 0.2) is 0 Å². The molecule has 2 rings (SSSR count). The number of hydrogen-bond acceptors (Lipinski definition) is 4. The summed E-state index contributed by atoms with van der Waals surface area (Å²) in [5.74, 6) is -0.972. The highest BCUT2D eigenvalue weighted by molar-refractivity contribution is 5.79. The molecule has 1 amide bonds. The van der Waals surface area contributed by atoms with Gasteiger partial charge in [-0.3, -0.25) is 4.79 Å². The number of carbonyl (C=O) groups is 2. The van der Waals surface area contributed by atoms with E-state index in [0.29, 0.717) is 19.6 Å². The number of aliphatic carboxylic acids is 1. The summed E-state index contributed by atoms with van der Waals surface area (Å²) in [5.41, 5.74) is 0. The second-order valence-corrected chi connectivity index (χ2v) is 4.53. The van der Waals surface area contributed by atoms with E-state index in [0.717, 1.165) is 19.4 Å². The van der Waals surface area contributed by atoms with Crippen molar-refractivity contribution in [2.45, 2.75) is 31.4 Å². The van der Waals surface area contributed by atoms with Crippen molar-refractivity contribution in [2.24, 2.45) is 0 Å². The van der Waals surface area contributed by atoms with Crippen LogP contribution in [0.5, 0.6) is 0 Å². The lowest BCUT2D eigenvalue weighted by atomic mass is 10.1. The first kappa shape index (κ1) is 12.3. The molecule has 17 heavy (non-hydrogen) atoms. The number of carboxylic acid groups (broad SMARTS) is 1. The maximum absolute atomic E-state index is 12.0. The second kappa shape index (κ2) is 5.46. The largest absolute Gasteiger partial charge is 0.479 e. The van der Waals surface area contributed by atoms with Crippen LogP contribution in [0.25, 0.3) is 0 Å². The van der Waals surface area contributed by atoms with Gasteiger partial charge in [0.25, 0.3) is 0 Å². The summed E-state index contributed by atoms with van der Waals surface area (Å²) < 4.78 is 5.08. The minimum Gasteiger partial charge on any atom is -0.479 e. The van der Waals surface area contributed by atoms with E-state index in [1.807, 2.05) is 0 Å². The molecule has 2 heterocycles. The van der Waals surface area contributed by atoms with Gasteiger partial charge in [-0.2, -0.15) is 0 Å². The van der Waals surface area contributed by atoms with Crippen molar-refractivity contribution >= 4 is 11.9 Å². The van der Waals surface area contributed by atoms with E-state index in [9.17, 15) is 9.59 Å². The highest BCUT2D eigenvalue weighted by Gasteiger charge is 2.30. The number of morpholine rings is 1. The smallest absolute Gasteiger partial charge is 0.334 e. The Kier molecular flexibility index (Phi) is 3.96. The molecule has 2 atom stereocenters. The molecular weight excluding hydrogens is 224 g/mol. The van der Waals surface area contributed by atoms with Crippen LogP contribution in [-0.4, -0.2) is 60.3 Å².